The molecule has 0 saturated heterocycles. The summed E-state index contributed by atoms with van der Waals surface area (Å²) in [4.78, 5) is 10.9. The van der Waals surface area contributed by atoms with Crippen LogP contribution in [0.4, 0.5) is 0 Å². The van der Waals surface area contributed by atoms with Gasteiger partial charge in [-0.25, -0.2) is 4.79 Å². The fourth-order valence-corrected chi connectivity index (χ4v) is 2.36. The Labute approximate surface area is 128 Å². The summed E-state index contributed by atoms with van der Waals surface area (Å²) in [5.74, 6) is -0.101. The lowest BCUT2D eigenvalue weighted by molar-refractivity contribution is 0.0696. The molecule has 0 aliphatic carbocycles. The van der Waals surface area contributed by atoms with Gasteiger partial charge in [0, 0.05) is 0 Å². The molecule has 1 N–H and O–H groups in total. The molecule has 0 atom stereocenters. The molecule has 0 spiro atoms. The highest BCUT2D eigenvalue weighted by Gasteiger charge is 2.06. The number of benzene rings is 1. The highest BCUT2D eigenvalue weighted by Crippen LogP contribution is 2.19. The van der Waals surface area contributed by atoms with Crippen LogP contribution in [0.3, 0.4) is 0 Å². The number of ether oxygens (including phenoxy) is 1. The maximum absolute atomic E-state index is 10.9. The molecular formula is C18H28O3. The number of carboxylic acids is 1. The standard InChI is InChI=1S/C18H28O3/c1-3-4-5-6-7-8-9-10-13-21-17-12-11-16(18(19)20)14-15(17)2/h11-12,14H,3-10,13H2,1-2H3,(H,19,20). The number of hydrogen-bond donors (Lipinski definition) is 1. The van der Waals surface area contributed by atoms with Gasteiger partial charge >= 0.3 is 5.97 Å². The number of aromatic carboxylic acids is 1. The Morgan fingerprint density at radius 1 is 1.05 bits per heavy atom. The zero-order valence-electron chi connectivity index (χ0n) is 13.4. The van der Waals surface area contributed by atoms with E-state index in [0.717, 1.165) is 17.7 Å². The first kappa shape index (κ1) is 17.5. The van der Waals surface area contributed by atoms with Crippen LogP contribution >= 0.6 is 0 Å². The van der Waals surface area contributed by atoms with Gasteiger partial charge in [0.25, 0.3) is 0 Å². The van der Waals surface area contributed by atoms with Crippen LogP contribution < -0.4 is 4.74 Å². The topological polar surface area (TPSA) is 46.5 Å². The van der Waals surface area contributed by atoms with Crippen molar-refractivity contribution in [3.05, 3.63) is 29.3 Å². The van der Waals surface area contributed by atoms with E-state index in [9.17, 15) is 4.79 Å². The van der Waals surface area contributed by atoms with Gasteiger partial charge in [0.15, 0.2) is 0 Å². The van der Waals surface area contributed by atoms with E-state index in [4.69, 9.17) is 9.84 Å². The molecule has 0 unspecified atom stereocenters. The Bertz CT molecular complexity index is 426. The second-order valence-corrected chi connectivity index (χ2v) is 5.61. The molecule has 3 nitrogen and oxygen atoms in total. The summed E-state index contributed by atoms with van der Waals surface area (Å²) >= 11 is 0. The van der Waals surface area contributed by atoms with E-state index in [-0.39, 0.29) is 0 Å². The molecule has 0 aliphatic rings. The maximum Gasteiger partial charge on any atom is 0.335 e. The van der Waals surface area contributed by atoms with Crippen LogP contribution in [-0.2, 0) is 0 Å². The summed E-state index contributed by atoms with van der Waals surface area (Å²) in [6, 6.07) is 5.01. The van der Waals surface area contributed by atoms with Crippen LogP contribution in [0, 0.1) is 6.92 Å². The lowest BCUT2D eigenvalue weighted by Gasteiger charge is -2.09. The molecule has 0 bridgehead atoms. The van der Waals surface area contributed by atoms with Crippen molar-refractivity contribution in [1.82, 2.24) is 0 Å². The molecule has 0 amide bonds. The molecule has 1 aromatic rings. The van der Waals surface area contributed by atoms with Crippen molar-refractivity contribution in [3.63, 3.8) is 0 Å². The fourth-order valence-electron chi connectivity index (χ4n) is 2.36. The molecule has 21 heavy (non-hydrogen) atoms. The van der Waals surface area contributed by atoms with E-state index in [2.05, 4.69) is 6.92 Å². The van der Waals surface area contributed by atoms with Gasteiger partial charge in [0.05, 0.1) is 12.2 Å². The Morgan fingerprint density at radius 2 is 1.67 bits per heavy atom. The Balaban J connectivity index is 2.14. The van der Waals surface area contributed by atoms with E-state index in [1.807, 2.05) is 6.92 Å². The van der Waals surface area contributed by atoms with Crippen LogP contribution in [0.25, 0.3) is 0 Å². The summed E-state index contributed by atoms with van der Waals surface area (Å²) in [6.07, 6.45) is 10.2. The van der Waals surface area contributed by atoms with Crippen LogP contribution in [-0.4, -0.2) is 17.7 Å². The van der Waals surface area contributed by atoms with Crippen LogP contribution in [0.5, 0.6) is 5.75 Å². The SMILES string of the molecule is CCCCCCCCCCOc1ccc(C(=O)O)cc1C. The van der Waals surface area contributed by atoms with E-state index in [0.29, 0.717) is 12.2 Å². The van der Waals surface area contributed by atoms with Gasteiger partial charge in [0.2, 0.25) is 0 Å². The Kier molecular flexibility index (Phi) is 8.56. The van der Waals surface area contributed by atoms with Gasteiger partial charge in [-0.1, -0.05) is 51.9 Å². The molecule has 0 radical (unpaired) electrons. The second-order valence-electron chi connectivity index (χ2n) is 5.61. The molecule has 3 heteroatoms. The van der Waals surface area contributed by atoms with Gasteiger partial charge in [-0.2, -0.15) is 0 Å². The third-order valence-electron chi connectivity index (χ3n) is 3.68. The van der Waals surface area contributed by atoms with Crippen LogP contribution in [0.15, 0.2) is 18.2 Å². The van der Waals surface area contributed by atoms with E-state index in [1.165, 1.54) is 44.9 Å². The number of carboxylic acid groups (broad SMARTS) is 1. The molecule has 0 saturated carbocycles. The first-order chi connectivity index (χ1) is 10.1. The molecular weight excluding hydrogens is 264 g/mol. The van der Waals surface area contributed by atoms with E-state index >= 15 is 0 Å². The lowest BCUT2D eigenvalue weighted by atomic mass is 10.1. The number of carbonyl (C=O) groups is 1. The number of aryl methyl sites for hydroxylation is 1. The van der Waals surface area contributed by atoms with Crippen molar-refractivity contribution in [1.29, 1.82) is 0 Å². The summed E-state index contributed by atoms with van der Waals surface area (Å²) in [7, 11) is 0. The monoisotopic (exact) mass is 292 g/mol. The smallest absolute Gasteiger partial charge is 0.335 e. The summed E-state index contributed by atoms with van der Waals surface area (Å²) < 4.78 is 5.72. The van der Waals surface area contributed by atoms with Crippen LogP contribution in [0.2, 0.25) is 0 Å². The second kappa shape index (κ2) is 10.3. The van der Waals surface area contributed by atoms with Crippen LogP contribution in [0.1, 0.15) is 74.2 Å². The largest absolute Gasteiger partial charge is 0.493 e. The first-order valence-corrected chi connectivity index (χ1v) is 8.12. The molecule has 1 aromatic carbocycles. The van der Waals surface area contributed by atoms with Gasteiger partial charge in [-0.3, -0.25) is 0 Å². The minimum atomic E-state index is -0.896. The third-order valence-corrected chi connectivity index (χ3v) is 3.68. The van der Waals surface area contributed by atoms with Gasteiger partial charge < -0.3 is 9.84 Å². The summed E-state index contributed by atoms with van der Waals surface area (Å²) in [5, 5.41) is 8.91. The van der Waals surface area contributed by atoms with E-state index in [1.54, 1.807) is 18.2 Å². The quantitative estimate of drug-likeness (QED) is 0.569. The molecule has 0 aliphatic heterocycles. The summed E-state index contributed by atoms with van der Waals surface area (Å²) in [5.41, 5.74) is 1.20. The zero-order valence-corrected chi connectivity index (χ0v) is 13.4. The van der Waals surface area contributed by atoms with Crippen molar-refractivity contribution in [3.8, 4) is 5.75 Å². The number of hydrogen-bond acceptors (Lipinski definition) is 2. The zero-order chi connectivity index (χ0) is 15.5. The average Bonchev–Trinajstić information content (AvgIpc) is 2.46. The average molecular weight is 292 g/mol. The van der Waals surface area contributed by atoms with Crippen molar-refractivity contribution in [2.24, 2.45) is 0 Å². The first-order valence-electron chi connectivity index (χ1n) is 8.12. The molecule has 0 aromatic heterocycles. The van der Waals surface area contributed by atoms with Crippen molar-refractivity contribution in [2.75, 3.05) is 6.61 Å². The number of rotatable bonds is 11. The highest BCUT2D eigenvalue weighted by atomic mass is 16.5. The predicted molar refractivity (Wildman–Crippen MR) is 86.2 cm³/mol. The Hall–Kier alpha value is -1.51. The minimum Gasteiger partial charge on any atom is -0.493 e. The van der Waals surface area contributed by atoms with Gasteiger partial charge in [-0.05, 0) is 37.1 Å². The van der Waals surface area contributed by atoms with Gasteiger partial charge in [-0.15, -0.1) is 0 Å². The molecule has 118 valence electrons. The summed E-state index contributed by atoms with van der Waals surface area (Å²) in [6.45, 7) is 4.83. The lowest BCUT2D eigenvalue weighted by Crippen LogP contribution is -2.01. The van der Waals surface area contributed by atoms with Crippen molar-refractivity contribution in [2.45, 2.75) is 65.2 Å². The highest BCUT2D eigenvalue weighted by molar-refractivity contribution is 5.88. The maximum atomic E-state index is 10.9. The number of unbranched alkanes of at least 4 members (excludes halogenated alkanes) is 7. The minimum absolute atomic E-state index is 0.312. The van der Waals surface area contributed by atoms with Crippen molar-refractivity contribution < 1.29 is 14.6 Å². The molecule has 0 heterocycles. The predicted octanol–water partition coefficient (Wildman–Crippen LogP) is 5.21. The fraction of sp³-hybridized carbons (Fsp3) is 0.611. The Morgan fingerprint density at radius 3 is 2.24 bits per heavy atom. The van der Waals surface area contributed by atoms with Crippen molar-refractivity contribution >= 4 is 5.97 Å². The normalized spacial score (nSPS) is 10.6. The van der Waals surface area contributed by atoms with Gasteiger partial charge in [0.1, 0.15) is 5.75 Å². The third kappa shape index (κ3) is 7.16. The molecule has 0 fully saturated rings. The van der Waals surface area contributed by atoms with E-state index < -0.39 is 5.97 Å². The molecule has 1 rings (SSSR count).